The van der Waals surface area contributed by atoms with Crippen molar-refractivity contribution in [2.45, 2.75) is 39.8 Å². The summed E-state index contributed by atoms with van der Waals surface area (Å²) in [5.74, 6) is 0.0816. The predicted octanol–water partition coefficient (Wildman–Crippen LogP) is 5.29. The fourth-order valence-corrected chi connectivity index (χ4v) is 2.70. The van der Waals surface area contributed by atoms with Gasteiger partial charge in [-0.3, -0.25) is 10.00 Å². The first-order valence-corrected chi connectivity index (χ1v) is 9.12. The molecule has 7 heteroatoms. The van der Waals surface area contributed by atoms with Crippen LogP contribution in [-0.2, 0) is 4.74 Å². The molecule has 6 nitrogen and oxygen atoms in total. The number of pyridine rings is 1. The van der Waals surface area contributed by atoms with Gasteiger partial charge in [0.15, 0.2) is 0 Å². The second-order valence-corrected chi connectivity index (χ2v) is 6.98. The van der Waals surface area contributed by atoms with Crippen molar-refractivity contribution in [3.8, 4) is 22.4 Å². The largest absolute Gasteiger partial charge is 0.447 e. The minimum atomic E-state index is -0.559. The Balaban J connectivity index is 1.99. The molecule has 0 spiro atoms. The Morgan fingerprint density at radius 1 is 1.11 bits per heavy atom. The van der Waals surface area contributed by atoms with E-state index in [1.807, 2.05) is 30.8 Å². The highest BCUT2D eigenvalue weighted by atomic mass is 19.1. The van der Waals surface area contributed by atoms with E-state index in [-0.39, 0.29) is 18.0 Å². The Bertz CT molecular complexity index is 965. The quantitative estimate of drug-likeness (QED) is 0.651. The highest BCUT2D eigenvalue weighted by Crippen LogP contribution is 2.32. The molecule has 146 valence electrons. The van der Waals surface area contributed by atoms with E-state index >= 15 is 0 Å². The molecule has 1 N–H and O–H groups in total. The average Bonchev–Trinajstić information content (AvgIpc) is 3.07. The molecule has 0 radical (unpaired) electrons. The number of anilines is 1. The van der Waals surface area contributed by atoms with E-state index in [1.54, 1.807) is 38.2 Å². The molecular formula is C21H23FN4O2. The Kier molecular flexibility index (Phi) is 5.73. The second-order valence-electron chi connectivity index (χ2n) is 6.98. The van der Waals surface area contributed by atoms with Crippen LogP contribution in [0, 0.1) is 5.82 Å². The van der Waals surface area contributed by atoms with Gasteiger partial charge in [0.25, 0.3) is 0 Å². The maximum absolute atomic E-state index is 13.3. The third kappa shape index (κ3) is 4.54. The average molecular weight is 382 g/mol. The minimum absolute atomic E-state index is 0.161. The molecule has 2 heterocycles. The Morgan fingerprint density at radius 3 is 2.46 bits per heavy atom. The molecule has 1 aromatic carbocycles. The number of carbonyl (C=O) groups is 1. The molecule has 2 aromatic heterocycles. The number of nitrogens with zero attached hydrogens (tertiary/aromatic N) is 3. The molecule has 0 unspecified atom stereocenters. The van der Waals surface area contributed by atoms with Gasteiger partial charge < -0.3 is 4.74 Å². The fraction of sp³-hybridized carbons (Fsp3) is 0.286. The summed E-state index contributed by atoms with van der Waals surface area (Å²) in [5, 5.41) is 7.31. The summed E-state index contributed by atoms with van der Waals surface area (Å²) in [7, 11) is 0. The Labute approximate surface area is 163 Å². The first-order valence-electron chi connectivity index (χ1n) is 9.12. The maximum Gasteiger partial charge on any atom is 0.413 e. The zero-order chi connectivity index (χ0) is 20.3. The van der Waals surface area contributed by atoms with Crippen LogP contribution in [-0.4, -0.2) is 27.0 Å². The maximum atomic E-state index is 13.3. The molecule has 0 aliphatic heterocycles. The first kappa shape index (κ1) is 19.5. The molecule has 0 saturated carbocycles. The molecule has 0 aliphatic rings. The fourth-order valence-electron chi connectivity index (χ4n) is 2.70. The number of nitrogens with one attached hydrogen (secondary N) is 1. The van der Waals surface area contributed by atoms with E-state index in [1.165, 1.54) is 12.1 Å². The summed E-state index contributed by atoms with van der Waals surface area (Å²) < 4.78 is 20.3. The normalized spacial score (nSPS) is 11.1. The van der Waals surface area contributed by atoms with Gasteiger partial charge in [0.2, 0.25) is 0 Å². The molecule has 0 saturated heterocycles. The van der Waals surface area contributed by atoms with Crippen LogP contribution < -0.4 is 5.32 Å². The van der Waals surface area contributed by atoms with Crippen molar-refractivity contribution in [1.29, 1.82) is 0 Å². The summed E-state index contributed by atoms with van der Waals surface area (Å²) >= 11 is 0. The summed E-state index contributed by atoms with van der Waals surface area (Å²) in [6, 6.07) is 9.99. The van der Waals surface area contributed by atoms with E-state index in [2.05, 4.69) is 15.4 Å². The van der Waals surface area contributed by atoms with Crippen molar-refractivity contribution >= 4 is 11.9 Å². The number of aromatic nitrogens is 3. The first-order chi connectivity index (χ1) is 13.3. The third-order valence-corrected chi connectivity index (χ3v) is 4.02. The van der Waals surface area contributed by atoms with Crippen LogP contribution in [0.2, 0.25) is 0 Å². The number of carbonyl (C=O) groups excluding carboxylic acids is 1. The number of hydrogen-bond acceptors (Lipinski definition) is 4. The lowest BCUT2D eigenvalue weighted by molar-refractivity contribution is 0.130. The lowest BCUT2D eigenvalue weighted by atomic mass is 10.0. The van der Waals surface area contributed by atoms with Crippen LogP contribution in [0.25, 0.3) is 22.4 Å². The highest BCUT2D eigenvalue weighted by Gasteiger charge is 2.16. The van der Waals surface area contributed by atoms with Crippen molar-refractivity contribution in [2.24, 2.45) is 0 Å². The van der Waals surface area contributed by atoms with Crippen LogP contribution >= 0.6 is 0 Å². The lowest BCUT2D eigenvalue weighted by Gasteiger charge is -2.10. The zero-order valence-corrected chi connectivity index (χ0v) is 16.3. The van der Waals surface area contributed by atoms with E-state index in [0.717, 1.165) is 22.4 Å². The van der Waals surface area contributed by atoms with E-state index in [4.69, 9.17) is 4.74 Å². The summed E-state index contributed by atoms with van der Waals surface area (Å²) in [6.07, 6.45) is 2.77. The Morgan fingerprint density at radius 2 is 1.82 bits per heavy atom. The highest BCUT2D eigenvalue weighted by molar-refractivity contribution is 5.86. The lowest BCUT2D eigenvalue weighted by Crippen LogP contribution is -2.18. The number of benzene rings is 1. The molecular weight excluding hydrogens is 359 g/mol. The number of ether oxygens (including phenoxy) is 1. The van der Waals surface area contributed by atoms with Crippen LogP contribution in [0.1, 0.15) is 33.7 Å². The van der Waals surface area contributed by atoms with Crippen molar-refractivity contribution in [3.05, 3.63) is 54.6 Å². The van der Waals surface area contributed by atoms with Gasteiger partial charge in [-0.15, -0.1) is 0 Å². The predicted molar refractivity (Wildman–Crippen MR) is 106 cm³/mol. The molecule has 28 heavy (non-hydrogen) atoms. The number of hydrogen-bond donors (Lipinski definition) is 1. The van der Waals surface area contributed by atoms with Crippen molar-refractivity contribution in [1.82, 2.24) is 14.8 Å². The van der Waals surface area contributed by atoms with Crippen molar-refractivity contribution < 1.29 is 13.9 Å². The van der Waals surface area contributed by atoms with Crippen molar-refractivity contribution in [3.63, 3.8) is 0 Å². The van der Waals surface area contributed by atoms with E-state index < -0.39 is 6.09 Å². The van der Waals surface area contributed by atoms with E-state index in [9.17, 15) is 9.18 Å². The molecule has 0 bridgehead atoms. The van der Waals surface area contributed by atoms with Gasteiger partial charge in [-0.2, -0.15) is 5.10 Å². The van der Waals surface area contributed by atoms with Gasteiger partial charge in [-0.1, -0.05) is 0 Å². The van der Waals surface area contributed by atoms with Crippen LogP contribution in [0.3, 0.4) is 0 Å². The van der Waals surface area contributed by atoms with Crippen molar-refractivity contribution in [2.75, 3.05) is 5.32 Å². The van der Waals surface area contributed by atoms with Crippen LogP contribution in [0.5, 0.6) is 0 Å². The van der Waals surface area contributed by atoms with Gasteiger partial charge >= 0.3 is 6.09 Å². The standard InChI is InChI=1S/C21H23FN4O2/c1-13(2)26-12-18(20(25-26)15-5-7-17(22)8-6-15)16-9-10-23-19(11-16)24-21(27)28-14(3)4/h5-14H,1-4H3,(H,23,24,27). The monoisotopic (exact) mass is 382 g/mol. The van der Waals surface area contributed by atoms with Crippen LogP contribution in [0.15, 0.2) is 48.8 Å². The summed E-state index contributed by atoms with van der Waals surface area (Å²) in [6.45, 7) is 7.62. The van der Waals surface area contributed by atoms with Gasteiger partial charge in [-0.05, 0) is 69.7 Å². The number of rotatable bonds is 5. The number of halogens is 1. The zero-order valence-electron chi connectivity index (χ0n) is 16.3. The topological polar surface area (TPSA) is 69.0 Å². The molecule has 1 amide bonds. The van der Waals surface area contributed by atoms with Gasteiger partial charge in [0.05, 0.1) is 6.10 Å². The number of amides is 1. The van der Waals surface area contributed by atoms with Gasteiger partial charge in [0, 0.05) is 29.6 Å². The molecule has 3 aromatic rings. The van der Waals surface area contributed by atoms with Gasteiger partial charge in [-0.25, -0.2) is 14.2 Å². The van der Waals surface area contributed by atoms with E-state index in [0.29, 0.717) is 5.82 Å². The minimum Gasteiger partial charge on any atom is -0.447 e. The van der Waals surface area contributed by atoms with Crippen LogP contribution in [0.4, 0.5) is 15.0 Å². The molecule has 0 atom stereocenters. The SMILES string of the molecule is CC(C)OC(=O)Nc1cc(-c2cn(C(C)C)nc2-c2ccc(F)cc2)ccn1. The third-order valence-electron chi connectivity index (χ3n) is 4.02. The summed E-state index contributed by atoms with van der Waals surface area (Å²) in [4.78, 5) is 16.0. The molecule has 3 rings (SSSR count). The summed E-state index contributed by atoms with van der Waals surface area (Å²) in [5.41, 5.74) is 3.24. The molecule has 0 aliphatic carbocycles. The molecule has 0 fully saturated rings. The van der Waals surface area contributed by atoms with Gasteiger partial charge in [0.1, 0.15) is 17.3 Å². The second kappa shape index (κ2) is 8.21. The Hall–Kier alpha value is -3.22. The smallest absolute Gasteiger partial charge is 0.413 e.